The highest BCUT2D eigenvalue weighted by molar-refractivity contribution is 8.00. The minimum absolute atomic E-state index is 0.0888. The van der Waals surface area contributed by atoms with Crippen LogP contribution in [-0.2, 0) is 16.0 Å². The summed E-state index contributed by atoms with van der Waals surface area (Å²) in [7, 11) is 0. The van der Waals surface area contributed by atoms with Crippen molar-refractivity contribution in [2.24, 2.45) is 5.73 Å². The van der Waals surface area contributed by atoms with Gasteiger partial charge in [-0.05, 0) is 17.9 Å². The molecule has 1 rings (SSSR count). The zero-order chi connectivity index (χ0) is 13.4. The first-order valence-electron chi connectivity index (χ1n) is 5.45. The maximum absolute atomic E-state index is 11.4. The van der Waals surface area contributed by atoms with E-state index < -0.39 is 12.0 Å². The molecule has 0 bridgehead atoms. The molecular formula is C11H16N2O3S2. The molecule has 0 radical (unpaired) electrons. The standard InChI is InChI=1S/C11H16N2O3S2/c12-9(11(15)16)6-17-7-10(14)13-4-3-8-2-1-5-18-8/h1-2,5,9H,3-4,6-7,12H2,(H,13,14)(H,15,16). The predicted molar refractivity (Wildman–Crippen MR) is 74.0 cm³/mol. The number of aliphatic carboxylic acids is 1. The zero-order valence-electron chi connectivity index (χ0n) is 9.80. The van der Waals surface area contributed by atoms with Crippen molar-refractivity contribution in [2.45, 2.75) is 12.5 Å². The van der Waals surface area contributed by atoms with Gasteiger partial charge < -0.3 is 16.2 Å². The van der Waals surface area contributed by atoms with Crippen LogP contribution in [0.4, 0.5) is 0 Å². The molecule has 0 saturated carbocycles. The highest BCUT2D eigenvalue weighted by atomic mass is 32.2. The maximum Gasteiger partial charge on any atom is 0.321 e. The van der Waals surface area contributed by atoms with Crippen LogP contribution < -0.4 is 11.1 Å². The van der Waals surface area contributed by atoms with E-state index in [0.717, 1.165) is 6.42 Å². The van der Waals surface area contributed by atoms with Crippen LogP contribution in [0.3, 0.4) is 0 Å². The van der Waals surface area contributed by atoms with Crippen molar-refractivity contribution < 1.29 is 14.7 Å². The molecule has 0 fully saturated rings. The first-order chi connectivity index (χ1) is 8.59. The maximum atomic E-state index is 11.4. The highest BCUT2D eigenvalue weighted by Crippen LogP contribution is 2.08. The van der Waals surface area contributed by atoms with E-state index in [1.807, 2.05) is 17.5 Å². The second kappa shape index (κ2) is 8.12. The van der Waals surface area contributed by atoms with Gasteiger partial charge in [-0.1, -0.05) is 6.07 Å². The molecule has 4 N–H and O–H groups in total. The van der Waals surface area contributed by atoms with E-state index in [1.54, 1.807) is 11.3 Å². The normalized spacial score (nSPS) is 12.1. The quantitative estimate of drug-likeness (QED) is 0.650. The molecule has 1 unspecified atom stereocenters. The average molecular weight is 288 g/mol. The van der Waals surface area contributed by atoms with Gasteiger partial charge in [0.25, 0.3) is 0 Å². The van der Waals surface area contributed by atoms with Crippen molar-refractivity contribution in [2.75, 3.05) is 18.1 Å². The van der Waals surface area contributed by atoms with Gasteiger partial charge in [-0.2, -0.15) is 0 Å². The summed E-state index contributed by atoms with van der Waals surface area (Å²) in [4.78, 5) is 23.1. The molecule has 0 aliphatic carbocycles. The van der Waals surface area contributed by atoms with Crippen LogP contribution in [0.15, 0.2) is 17.5 Å². The van der Waals surface area contributed by atoms with Crippen LogP contribution in [0.5, 0.6) is 0 Å². The molecule has 0 saturated heterocycles. The average Bonchev–Trinajstić information content (AvgIpc) is 2.81. The largest absolute Gasteiger partial charge is 0.480 e. The summed E-state index contributed by atoms with van der Waals surface area (Å²) in [5.41, 5.74) is 5.32. The van der Waals surface area contributed by atoms with Gasteiger partial charge in [0, 0.05) is 17.2 Å². The van der Waals surface area contributed by atoms with Crippen LogP contribution >= 0.6 is 23.1 Å². The van der Waals surface area contributed by atoms with Crippen molar-refractivity contribution in [3.63, 3.8) is 0 Å². The molecule has 1 aromatic heterocycles. The number of rotatable bonds is 8. The smallest absolute Gasteiger partial charge is 0.321 e. The van der Waals surface area contributed by atoms with E-state index in [4.69, 9.17) is 10.8 Å². The van der Waals surface area contributed by atoms with Gasteiger partial charge in [-0.15, -0.1) is 23.1 Å². The van der Waals surface area contributed by atoms with E-state index in [0.29, 0.717) is 6.54 Å². The van der Waals surface area contributed by atoms with Crippen molar-refractivity contribution in [3.8, 4) is 0 Å². The molecule has 1 aromatic rings. The molecule has 1 heterocycles. The van der Waals surface area contributed by atoms with Crippen LogP contribution in [-0.4, -0.2) is 41.1 Å². The number of carboxylic acid groups (broad SMARTS) is 1. The van der Waals surface area contributed by atoms with E-state index in [9.17, 15) is 9.59 Å². The Balaban J connectivity index is 2.05. The summed E-state index contributed by atoms with van der Waals surface area (Å²) >= 11 is 2.89. The number of nitrogens with one attached hydrogen (secondary N) is 1. The molecule has 1 amide bonds. The lowest BCUT2D eigenvalue weighted by molar-refractivity contribution is -0.138. The molecule has 1 atom stereocenters. The summed E-state index contributed by atoms with van der Waals surface area (Å²) < 4.78 is 0. The molecule has 0 aromatic carbocycles. The minimum Gasteiger partial charge on any atom is -0.480 e. The third-order valence-electron chi connectivity index (χ3n) is 2.12. The van der Waals surface area contributed by atoms with Crippen molar-refractivity contribution >= 4 is 35.0 Å². The molecule has 18 heavy (non-hydrogen) atoms. The van der Waals surface area contributed by atoms with Crippen LogP contribution in [0, 0.1) is 0 Å². The summed E-state index contributed by atoms with van der Waals surface area (Å²) in [6.07, 6.45) is 0.822. The zero-order valence-corrected chi connectivity index (χ0v) is 11.4. The number of carbonyl (C=O) groups is 2. The molecule has 100 valence electrons. The molecule has 7 heteroatoms. The molecule has 0 spiro atoms. The van der Waals surface area contributed by atoms with Crippen LogP contribution in [0.25, 0.3) is 0 Å². The number of carbonyl (C=O) groups excluding carboxylic acids is 1. The van der Waals surface area contributed by atoms with Crippen LogP contribution in [0.2, 0.25) is 0 Å². The first kappa shape index (κ1) is 15.0. The van der Waals surface area contributed by atoms with Gasteiger partial charge >= 0.3 is 5.97 Å². The number of thioether (sulfide) groups is 1. The highest BCUT2D eigenvalue weighted by Gasteiger charge is 2.11. The van der Waals surface area contributed by atoms with Crippen molar-refractivity contribution in [3.05, 3.63) is 22.4 Å². The Morgan fingerprint density at radius 2 is 2.33 bits per heavy atom. The second-order valence-corrected chi connectivity index (χ2v) is 5.70. The molecular weight excluding hydrogens is 272 g/mol. The lowest BCUT2D eigenvalue weighted by atomic mass is 10.3. The van der Waals surface area contributed by atoms with Gasteiger partial charge in [0.1, 0.15) is 6.04 Å². The van der Waals surface area contributed by atoms with Crippen molar-refractivity contribution in [1.82, 2.24) is 5.32 Å². The number of amides is 1. The number of hydrogen-bond donors (Lipinski definition) is 3. The summed E-state index contributed by atoms with van der Waals surface area (Å²) in [5, 5.41) is 13.3. The fourth-order valence-corrected chi connectivity index (χ4v) is 2.69. The van der Waals surface area contributed by atoms with Crippen molar-refractivity contribution in [1.29, 1.82) is 0 Å². The second-order valence-electron chi connectivity index (χ2n) is 3.64. The number of hydrogen-bond acceptors (Lipinski definition) is 5. The number of carboxylic acids is 1. The monoisotopic (exact) mass is 288 g/mol. The van der Waals surface area contributed by atoms with Gasteiger partial charge in [0.15, 0.2) is 0 Å². The van der Waals surface area contributed by atoms with E-state index in [2.05, 4.69) is 5.32 Å². The summed E-state index contributed by atoms with van der Waals surface area (Å²) in [6.45, 7) is 0.602. The first-order valence-corrected chi connectivity index (χ1v) is 7.48. The Labute approximate surface area is 114 Å². The Bertz CT molecular complexity index is 382. The predicted octanol–water partition coefficient (Wildman–Crippen LogP) is 0.552. The Kier molecular flexibility index (Phi) is 6.77. The van der Waals surface area contributed by atoms with E-state index in [-0.39, 0.29) is 17.4 Å². The minimum atomic E-state index is -1.04. The summed E-state index contributed by atoms with van der Waals surface area (Å²) in [6, 6.07) is 3.09. The molecule has 0 aliphatic heterocycles. The van der Waals surface area contributed by atoms with E-state index >= 15 is 0 Å². The fourth-order valence-electron chi connectivity index (χ4n) is 1.18. The van der Waals surface area contributed by atoms with Gasteiger partial charge in [0.2, 0.25) is 5.91 Å². The third-order valence-corrected chi connectivity index (χ3v) is 4.12. The molecule has 0 aliphatic rings. The fraction of sp³-hybridized carbons (Fsp3) is 0.455. The van der Waals surface area contributed by atoms with Gasteiger partial charge in [0.05, 0.1) is 5.75 Å². The van der Waals surface area contributed by atoms with Gasteiger partial charge in [-0.25, -0.2) is 0 Å². The number of nitrogens with two attached hydrogens (primary N) is 1. The van der Waals surface area contributed by atoms with Gasteiger partial charge in [-0.3, -0.25) is 9.59 Å². The lowest BCUT2D eigenvalue weighted by Gasteiger charge is -2.06. The Morgan fingerprint density at radius 1 is 1.56 bits per heavy atom. The Hall–Kier alpha value is -1.05. The van der Waals surface area contributed by atoms with Crippen LogP contribution in [0.1, 0.15) is 4.88 Å². The Morgan fingerprint density at radius 3 is 2.94 bits per heavy atom. The third kappa shape index (κ3) is 6.04. The molecule has 5 nitrogen and oxygen atoms in total. The number of thiophene rings is 1. The topological polar surface area (TPSA) is 92.4 Å². The summed E-state index contributed by atoms with van der Waals surface area (Å²) in [5.74, 6) is -0.645. The SMILES string of the molecule is NC(CSCC(=O)NCCc1cccs1)C(=O)O. The van der Waals surface area contributed by atoms with E-state index in [1.165, 1.54) is 16.6 Å². The lowest BCUT2D eigenvalue weighted by Crippen LogP contribution is -2.33.